The van der Waals surface area contributed by atoms with Crippen molar-refractivity contribution < 1.29 is 75.8 Å². The molecule has 6 aromatic rings. The monoisotopic (exact) mass is 1110 g/mol. The summed E-state index contributed by atoms with van der Waals surface area (Å²) in [6.45, 7) is 11.3. The van der Waals surface area contributed by atoms with Crippen LogP contribution in [0.5, 0.6) is 23.0 Å². The molecule has 6 aromatic carbocycles. The lowest BCUT2D eigenvalue weighted by Gasteiger charge is -2.18. The molecular formula is C60H74O16S2. The maximum atomic E-state index is 6.24. The second-order valence-electron chi connectivity index (χ2n) is 17.8. The van der Waals surface area contributed by atoms with Crippen molar-refractivity contribution in [3.05, 3.63) is 131 Å². The van der Waals surface area contributed by atoms with E-state index in [4.69, 9.17) is 75.8 Å². The molecule has 0 aromatic heterocycles. The smallest absolute Gasteiger partial charge is 0.161 e. The Labute approximate surface area is 466 Å². The molecule has 16 nitrogen and oxygen atoms in total. The highest BCUT2D eigenvalue weighted by atomic mass is 33.1. The van der Waals surface area contributed by atoms with E-state index in [0.717, 1.165) is 53.6 Å². The van der Waals surface area contributed by atoms with Gasteiger partial charge >= 0.3 is 0 Å². The molecule has 0 spiro atoms. The van der Waals surface area contributed by atoms with E-state index in [-0.39, 0.29) is 0 Å². The van der Waals surface area contributed by atoms with Gasteiger partial charge in [0.15, 0.2) is 23.0 Å². The number of rotatable bonds is 0. The molecule has 422 valence electrons. The second kappa shape index (κ2) is 35.8. The average molecular weight is 1120 g/mol. The third-order valence-electron chi connectivity index (χ3n) is 12.1. The van der Waals surface area contributed by atoms with Crippen LogP contribution in [0.1, 0.15) is 22.3 Å². The van der Waals surface area contributed by atoms with E-state index >= 15 is 0 Å². The van der Waals surface area contributed by atoms with E-state index in [9.17, 15) is 0 Å². The fraction of sp³-hybridized carbons (Fsp3) is 0.467. The molecule has 8 rings (SSSR count). The predicted molar refractivity (Wildman–Crippen MR) is 300 cm³/mol. The van der Waals surface area contributed by atoms with Gasteiger partial charge in [0, 0.05) is 9.79 Å². The van der Waals surface area contributed by atoms with Crippen molar-refractivity contribution in [2.45, 2.75) is 36.2 Å². The molecule has 2 bridgehead atoms. The van der Waals surface area contributed by atoms with Gasteiger partial charge in [-0.2, -0.15) is 0 Å². The lowest BCUT2D eigenvalue weighted by molar-refractivity contribution is 0.00327. The second-order valence-corrected chi connectivity index (χ2v) is 19.9. The van der Waals surface area contributed by atoms with Crippen LogP contribution in [-0.2, 0) is 83.3 Å². The summed E-state index contributed by atoms with van der Waals surface area (Å²) in [5.41, 5.74) is 4.16. The van der Waals surface area contributed by atoms with Crippen LogP contribution in [-0.4, -0.2) is 159 Å². The maximum absolute atomic E-state index is 6.24. The Bertz CT molecular complexity index is 2300. The molecule has 0 aliphatic carbocycles. The van der Waals surface area contributed by atoms with Crippen molar-refractivity contribution in [3.8, 4) is 23.0 Å². The van der Waals surface area contributed by atoms with E-state index in [1.54, 1.807) is 21.6 Å². The minimum Gasteiger partial charge on any atom is -0.487 e. The summed E-state index contributed by atoms with van der Waals surface area (Å²) < 4.78 is 96.5. The average Bonchev–Trinajstić information content (AvgIpc) is 3.51. The number of ether oxygens (including phenoxy) is 16. The number of fused-ring (bicyclic) bond motifs is 5. The minimum absolute atomic E-state index is 0.358. The Hall–Kier alpha value is -4.74. The number of hydrogen-bond donors (Lipinski definition) is 0. The first kappa shape index (κ1) is 59.4. The van der Waals surface area contributed by atoms with Crippen LogP contribution >= 0.6 is 21.6 Å². The summed E-state index contributed by atoms with van der Waals surface area (Å²) in [5, 5.41) is 4.25. The van der Waals surface area contributed by atoms with E-state index in [1.165, 1.54) is 0 Å². The quantitative estimate of drug-likeness (QED) is 0.133. The zero-order valence-electron chi connectivity index (χ0n) is 44.5. The molecule has 78 heavy (non-hydrogen) atoms. The SMILES string of the molecule is c1cc2c3c(c1)COCCOCCOCCOc1cc4ccccc4cc1OCCOCCOCCOCc1cccc(c1SS3)COCCOCCOCCOc1cc3ccccc3cc1OCCOCCOCCOC2. The van der Waals surface area contributed by atoms with Crippen molar-refractivity contribution in [3.63, 3.8) is 0 Å². The van der Waals surface area contributed by atoms with Crippen LogP contribution in [0.25, 0.3) is 21.5 Å². The third-order valence-corrected chi connectivity index (χ3v) is 14.9. The van der Waals surface area contributed by atoms with Crippen molar-refractivity contribution in [1.82, 2.24) is 0 Å². The van der Waals surface area contributed by atoms with E-state index in [2.05, 4.69) is 48.5 Å². The van der Waals surface area contributed by atoms with Crippen molar-refractivity contribution in [2.24, 2.45) is 0 Å². The van der Waals surface area contributed by atoms with E-state index < -0.39 is 0 Å². The molecule has 2 aliphatic heterocycles. The van der Waals surface area contributed by atoms with E-state index in [1.807, 2.05) is 60.7 Å². The fourth-order valence-corrected chi connectivity index (χ4v) is 11.1. The van der Waals surface area contributed by atoms with Gasteiger partial charge in [0.1, 0.15) is 26.4 Å². The molecule has 18 heteroatoms. The molecular weight excluding hydrogens is 1040 g/mol. The molecule has 0 atom stereocenters. The lowest BCUT2D eigenvalue weighted by atomic mass is 10.1. The summed E-state index contributed by atoms with van der Waals surface area (Å²) in [4.78, 5) is 2.13. The molecule has 0 radical (unpaired) electrons. The highest BCUT2D eigenvalue weighted by Gasteiger charge is 2.17. The van der Waals surface area contributed by atoms with Gasteiger partial charge in [0.2, 0.25) is 0 Å². The van der Waals surface area contributed by atoms with Crippen molar-refractivity contribution in [2.75, 3.05) is 159 Å². The molecule has 0 amide bonds. The largest absolute Gasteiger partial charge is 0.487 e. The summed E-state index contributed by atoms with van der Waals surface area (Å²) in [6, 6.07) is 36.7. The van der Waals surface area contributed by atoms with Crippen LogP contribution in [0.3, 0.4) is 0 Å². The first-order valence-electron chi connectivity index (χ1n) is 26.8. The van der Waals surface area contributed by atoms with Gasteiger partial charge < -0.3 is 75.8 Å². The van der Waals surface area contributed by atoms with Gasteiger partial charge in [-0.3, -0.25) is 0 Å². The van der Waals surface area contributed by atoms with Crippen molar-refractivity contribution in [1.29, 1.82) is 0 Å². The van der Waals surface area contributed by atoms with Crippen LogP contribution in [0.15, 0.2) is 119 Å². The molecule has 0 N–H and O–H groups in total. The van der Waals surface area contributed by atoms with Crippen LogP contribution in [0, 0.1) is 0 Å². The molecule has 0 fully saturated rings. The third kappa shape index (κ3) is 20.7. The molecule has 0 saturated carbocycles. The Morgan fingerprint density at radius 2 is 0.423 bits per heavy atom. The fourth-order valence-electron chi connectivity index (χ4n) is 8.21. The van der Waals surface area contributed by atoms with Gasteiger partial charge in [-0.1, -0.05) is 107 Å². The Balaban J connectivity index is 0.900. The first-order chi connectivity index (χ1) is 38.8. The summed E-state index contributed by atoms with van der Waals surface area (Å²) in [7, 11) is 3.34. The first-order valence-corrected chi connectivity index (χ1v) is 29.0. The highest BCUT2D eigenvalue weighted by Crippen LogP contribution is 2.45. The summed E-state index contributed by atoms with van der Waals surface area (Å²) in [5.74, 6) is 2.62. The Kier molecular flexibility index (Phi) is 27.2. The lowest BCUT2D eigenvalue weighted by Crippen LogP contribution is -2.14. The van der Waals surface area contributed by atoms with Crippen LogP contribution < -0.4 is 18.9 Å². The minimum atomic E-state index is 0.358. The van der Waals surface area contributed by atoms with Gasteiger partial charge in [-0.05, 0) is 68.1 Å². The topological polar surface area (TPSA) is 148 Å². The zero-order chi connectivity index (χ0) is 53.3. The summed E-state index contributed by atoms with van der Waals surface area (Å²) >= 11 is 0. The highest BCUT2D eigenvalue weighted by molar-refractivity contribution is 8.76. The van der Waals surface area contributed by atoms with Gasteiger partial charge in [-0.15, -0.1) is 0 Å². The molecule has 2 aliphatic rings. The standard InChI is InChI=1S/C60H74O16S2/c1-2-8-48-40-56-55(39-47(48)7-1)73-35-31-65-19-15-61-23-27-69-43-51-11-5-13-53-45-71-29-25-63-17-21-67-33-37-75-57-41-49-9-3-4-10-50(49)42-58(57)76-38-34-68-22-18-64-26-30-72-46-54-14-6-12-52(60(54)78-77-59(51)53)44-70-28-24-62-16-20-66-32-36-74-56/h1-14,39-42H,15-38,43-46H2. The van der Waals surface area contributed by atoms with Crippen molar-refractivity contribution >= 4 is 43.1 Å². The van der Waals surface area contributed by atoms with Gasteiger partial charge in [0.25, 0.3) is 0 Å². The number of benzene rings is 6. The zero-order valence-corrected chi connectivity index (χ0v) is 46.2. The summed E-state index contributed by atoms with van der Waals surface area (Å²) in [6.07, 6.45) is 0. The van der Waals surface area contributed by atoms with Gasteiger partial charge in [-0.25, -0.2) is 0 Å². The molecule has 0 saturated heterocycles. The Morgan fingerprint density at radius 1 is 0.218 bits per heavy atom. The van der Waals surface area contributed by atoms with Crippen LogP contribution in [0.4, 0.5) is 0 Å². The van der Waals surface area contributed by atoms with Gasteiger partial charge in [0.05, 0.1) is 159 Å². The normalized spacial score (nSPS) is 18.8. The molecule has 0 unspecified atom stereocenters. The predicted octanol–water partition coefficient (Wildman–Crippen LogP) is 9.93. The maximum Gasteiger partial charge on any atom is 0.161 e. The molecule has 2 heterocycles. The van der Waals surface area contributed by atoms with E-state index in [0.29, 0.717) is 208 Å². The van der Waals surface area contributed by atoms with Crippen LogP contribution in [0.2, 0.25) is 0 Å². The number of hydrogen-bond acceptors (Lipinski definition) is 18. The Morgan fingerprint density at radius 3 is 0.654 bits per heavy atom.